The molecule has 1 aromatic rings. The Labute approximate surface area is 89.6 Å². The van der Waals surface area contributed by atoms with Crippen LogP contribution in [0, 0.1) is 0 Å². The summed E-state index contributed by atoms with van der Waals surface area (Å²) >= 11 is 0. The summed E-state index contributed by atoms with van der Waals surface area (Å²) in [6.07, 6.45) is 3.49. The zero-order valence-electron chi connectivity index (χ0n) is 8.82. The van der Waals surface area contributed by atoms with Crippen molar-refractivity contribution < 1.29 is 9.53 Å². The van der Waals surface area contributed by atoms with Gasteiger partial charge in [-0.05, 0) is 19.4 Å². The zero-order chi connectivity index (χ0) is 10.7. The molecule has 0 fully saturated rings. The van der Waals surface area contributed by atoms with Gasteiger partial charge in [-0.15, -0.1) is 0 Å². The molecule has 78 valence electrons. The topological polar surface area (TPSA) is 26.3 Å². The molecule has 0 amide bonds. The molecule has 0 aliphatic heterocycles. The van der Waals surface area contributed by atoms with Gasteiger partial charge in [0.05, 0.1) is 6.61 Å². The number of allylic oxidation sites excluding steroid dienone is 2. The molecule has 15 heavy (non-hydrogen) atoms. The summed E-state index contributed by atoms with van der Waals surface area (Å²) < 4.78 is 5.50. The maximum absolute atomic E-state index is 11.6. The number of carbonyl (C=O) groups excluding carboxylic acids is 1. The Morgan fingerprint density at radius 3 is 2.80 bits per heavy atom. The van der Waals surface area contributed by atoms with Gasteiger partial charge in [-0.1, -0.05) is 24.3 Å². The molecule has 0 spiro atoms. The second-order valence-electron chi connectivity index (χ2n) is 3.51. The van der Waals surface area contributed by atoms with Crippen molar-refractivity contribution in [1.82, 2.24) is 0 Å². The van der Waals surface area contributed by atoms with Gasteiger partial charge in [0, 0.05) is 17.6 Å². The van der Waals surface area contributed by atoms with Crippen LogP contribution in [-0.2, 0) is 4.79 Å². The van der Waals surface area contributed by atoms with E-state index < -0.39 is 0 Å². The van der Waals surface area contributed by atoms with Crippen LogP contribution in [-0.4, -0.2) is 12.4 Å². The lowest BCUT2D eigenvalue weighted by Crippen LogP contribution is -2.00. The number of hydrogen-bond donors (Lipinski definition) is 0. The smallest absolute Gasteiger partial charge is 0.163 e. The Hall–Kier alpha value is -1.57. The van der Waals surface area contributed by atoms with Gasteiger partial charge in [-0.3, -0.25) is 4.79 Å². The number of benzene rings is 1. The van der Waals surface area contributed by atoms with Crippen LogP contribution >= 0.6 is 0 Å². The normalized spacial score (nSPS) is 15.3. The first-order valence-electron chi connectivity index (χ1n) is 5.28. The molecule has 0 bridgehead atoms. The third-order valence-corrected chi connectivity index (χ3v) is 2.50. The second-order valence-corrected chi connectivity index (χ2v) is 3.51. The minimum Gasteiger partial charge on any atom is -0.493 e. The van der Waals surface area contributed by atoms with E-state index in [0.717, 1.165) is 23.3 Å². The minimum atomic E-state index is 0.224. The van der Waals surface area contributed by atoms with Crippen molar-refractivity contribution in [3.8, 4) is 5.75 Å². The lowest BCUT2D eigenvalue weighted by molar-refractivity contribution is -0.113. The van der Waals surface area contributed by atoms with Crippen LogP contribution < -0.4 is 4.74 Å². The van der Waals surface area contributed by atoms with Crippen molar-refractivity contribution in [2.75, 3.05) is 6.61 Å². The maximum Gasteiger partial charge on any atom is 0.163 e. The summed E-state index contributed by atoms with van der Waals surface area (Å²) in [7, 11) is 0. The van der Waals surface area contributed by atoms with Crippen molar-refractivity contribution in [3.05, 3.63) is 35.9 Å². The first-order chi connectivity index (χ1) is 7.33. The van der Waals surface area contributed by atoms with Crippen molar-refractivity contribution in [2.45, 2.75) is 19.8 Å². The van der Waals surface area contributed by atoms with Gasteiger partial charge < -0.3 is 4.74 Å². The third-order valence-electron chi connectivity index (χ3n) is 2.50. The lowest BCUT2D eigenvalue weighted by atomic mass is 10.0. The molecule has 0 atom stereocenters. The molecule has 2 heteroatoms. The SMILES string of the molecule is CCOc1ccccc1C1=CCCC1=O. The van der Waals surface area contributed by atoms with Gasteiger partial charge in [0.1, 0.15) is 5.75 Å². The molecular weight excluding hydrogens is 188 g/mol. The van der Waals surface area contributed by atoms with E-state index in [-0.39, 0.29) is 5.78 Å². The molecule has 0 radical (unpaired) electrons. The number of ether oxygens (including phenoxy) is 1. The fraction of sp³-hybridized carbons (Fsp3) is 0.308. The van der Waals surface area contributed by atoms with Gasteiger partial charge >= 0.3 is 0 Å². The maximum atomic E-state index is 11.6. The molecule has 0 saturated carbocycles. The van der Waals surface area contributed by atoms with Crippen LogP contribution in [0.5, 0.6) is 5.75 Å². The number of rotatable bonds is 3. The third kappa shape index (κ3) is 1.94. The highest BCUT2D eigenvalue weighted by Crippen LogP contribution is 2.31. The van der Waals surface area contributed by atoms with Crippen molar-refractivity contribution in [1.29, 1.82) is 0 Å². The van der Waals surface area contributed by atoms with Crippen molar-refractivity contribution in [3.63, 3.8) is 0 Å². The van der Waals surface area contributed by atoms with Crippen molar-refractivity contribution >= 4 is 11.4 Å². The van der Waals surface area contributed by atoms with Gasteiger partial charge in [0.15, 0.2) is 5.78 Å². The molecule has 1 aromatic carbocycles. The molecule has 0 unspecified atom stereocenters. The predicted molar refractivity (Wildman–Crippen MR) is 59.8 cm³/mol. The van der Waals surface area contributed by atoms with E-state index in [4.69, 9.17) is 4.74 Å². The van der Waals surface area contributed by atoms with Crippen LogP contribution in [0.4, 0.5) is 0 Å². The Morgan fingerprint density at radius 2 is 2.13 bits per heavy atom. The zero-order valence-corrected chi connectivity index (χ0v) is 8.82. The highest BCUT2D eigenvalue weighted by molar-refractivity contribution is 6.23. The van der Waals surface area contributed by atoms with Crippen LogP contribution in [0.15, 0.2) is 30.3 Å². The summed E-state index contributed by atoms with van der Waals surface area (Å²) in [6.45, 7) is 2.57. The molecular formula is C13H14O2. The lowest BCUT2D eigenvalue weighted by Gasteiger charge is -2.09. The minimum absolute atomic E-state index is 0.224. The van der Waals surface area contributed by atoms with Crippen LogP contribution in [0.1, 0.15) is 25.3 Å². The summed E-state index contributed by atoms with van der Waals surface area (Å²) in [6, 6.07) is 7.71. The standard InChI is InChI=1S/C13H14O2/c1-2-15-13-9-4-3-6-11(13)10-7-5-8-12(10)14/h3-4,6-7,9H,2,5,8H2,1H3. The monoisotopic (exact) mass is 202 g/mol. The van der Waals surface area contributed by atoms with E-state index in [1.165, 1.54) is 0 Å². The fourth-order valence-electron chi connectivity index (χ4n) is 1.83. The average molecular weight is 202 g/mol. The van der Waals surface area contributed by atoms with E-state index in [1.54, 1.807) is 0 Å². The van der Waals surface area contributed by atoms with E-state index in [1.807, 2.05) is 37.3 Å². The average Bonchev–Trinajstić information content (AvgIpc) is 2.66. The largest absolute Gasteiger partial charge is 0.493 e. The molecule has 1 aliphatic rings. The summed E-state index contributed by atoms with van der Waals surface area (Å²) in [5.41, 5.74) is 1.75. The number of hydrogen-bond acceptors (Lipinski definition) is 2. The Balaban J connectivity index is 2.38. The molecule has 2 nitrogen and oxygen atoms in total. The summed E-state index contributed by atoms with van der Waals surface area (Å²) in [5, 5.41) is 0. The molecule has 0 saturated heterocycles. The Bertz CT molecular complexity index is 405. The Kier molecular flexibility index (Phi) is 2.86. The highest BCUT2D eigenvalue weighted by Gasteiger charge is 2.19. The molecule has 0 N–H and O–H groups in total. The van der Waals surface area contributed by atoms with E-state index >= 15 is 0 Å². The summed E-state index contributed by atoms with van der Waals surface area (Å²) in [4.78, 5) is 11.6. The van der Waals surface area contributed by atoms with Gasteiger partial charge in [-0.25, -0.2) is 0 Å². The van der Waals surface area contributed by atoms with E-state index in [9.17, 15) is 4.79 Å². The first-order valence-corrected chi connectivity index (χ1v) is 5.28. The second kappa shape index (κ2) is 4.30. The number of ketones is 1. The summed E-state index contributed by atoms with van der Waals surface area (Å²) in [5.74, 6) is 1.03. The molecule has 0 aromatic heterocycles. The van der Waals surface area contributed by atoms with Crippen LogP contribution in [0.2, 0.25) is 0 Å². The van der Waals surface area contributed by atoms with Crippen molar-refractivity contribution in [2.24, 2.45) is 0 Å². The molecule has 1 aliphatic carbocycles. The number of Topliss-reactive ketones (excluding diaryl/α,β-unsaturated/α-hetero) is 1. The van der Waals surface area contributed by atoms with E-state index in [0.29, 0.717) is 13.0 Å². The fourth-order valence-corrected chi connectivity index (χ4v) is 1.83. The number of carbonyl (C=O) groups is 1. The quantitative estimate of drug-likeness (QED) is 0.753. The van der Waals surface area contributed by atoms with Gasteiger partial charge in [0.25, 0.3) is 0 Å². The van der Waals surface area contributed by atoms with E-state index in [2.05, 4.69) is 0 Å². The van der Waals surface area contributed by atoms with Gasteiger partial charge in [-0.2, -0.15) is 0 Å². The van der Waals surface area contributed by atoms with Crippen LogP contribution in [0.25, 0.3) is 5.57 Å². The van der Waals surface area contributed by atoms with Gasteiger partial charge in [0.2, 0.25) is 0 Å². The predicted octanol–water partition coefficient (Wildman–Crippen LogP) is 2.83. The highest BCUT2D eigenvalue weighted by atomic mass is 16.5. The molecule has 0 heterocycles. The van der Waals surface area contributed by atoms with Crippen LogP contribution in [0.3, 0.4) is 0 Å². The number of para-hydroxylation sites is 1. The first kappa shape index (κ1) is 9.97. The molecule has 2 rings (SSSR count). The Morgan fingerprint density at radius 1 is 1.33 bits per heavy atom.